The van der Waals surface area contributed by atoms with E-state index < -0.39 is 0 Å². The molecule has 1 aromatic heterocycles. The standard InChI is InChI=1S/C28H26.C17H18.C14H13N.2C2H6/c1-17-10-11-20(14-18(17)2)21-12-13-24-25(16-21)28(4,5)26-15-19(3)22-8-6-7-9-23(22)27(24)26;1-4-14-11-10-13(3)17(12-14)16-9-7-6-8-15(16)5-2;1-10-6-5-8-12-11-7-3-4-9-13(11)15(2)14(10)12;2*1-2/h6-16H,1-5H3;5-12H,2,4H2,1,3H3;3-9H,1-2H3;2*1-2H3. The van der Waals surface area contributed by atoms with E-state index in [1.54, 1.807) is 0 Å². The smallest absolute Gasteiger partial charge is 0.0518 e. The maximum absolute atomic E-state index is 3.89. The van der Waals surface area contributed by atoms with Crippen molar-refractivity contribution in [2.75, 3.05) is 0 Å². The van der Waals surface area contributed by atoms with Gasteiger partial charge in [-0.1, -0.05) is 201 Å². The Labute approximate surface area is 385 Å². The van der Waals surface area contributed by atoms with Gasteiger partial charge in [-0.3, -0.25) is 0 Å². The summed E-state index contributed by atoms with van der Waals surface area (Å²) in [6, 6.07) is 55.3. The van der Waals surface area contributed by atoms with Crippen molar-refractivity contribution in [2.45, 2.75) is 94.9 Å². The third-order valence-corrected chi connectivity index (χ3v) is 13.0. The van der Waals surface area contributed by atoms with Crippen LogP contribution in [0.4, 0.5) is 0 Å². The largest absolute Gasteiger partial charge is 0.343 e. The average molecular weight is 840 g/mol. The van der Waals surface area contributed by atoms with Crippen LogP contribution in [-0.2, 0) is 18.9 Å². The number of hydrogen-bond donors (Lipinski definition) is 0. The number of para-hydroxylation sites is 2. The summed E-state index contributed by atoms with van der Waals surface area (Å²) in [7, 11) is 2.14. The zero-order valence-electron chi connectivity index (χ0n) is 40.9. The van der Waals surface area contributed by atoms with Gasteiger partial charge in [-0.05, 0) is 147 Å². The zero-order valence-corrected chi connectivity index (χ0v) is 40.9. The maximum atomic E-state index is 3.89. The van der Waals surface area contributed by atoms with Crippen LogP contribution in [0.15, 0.2) is 158 Å². The zero-order chi connectivity index (χ0) is 46.3. The van der Waals surface area contributed by atoms with Crippen LogP contribution < -0.4 is 0 Å². The predicted octanol–water partition coefficient (Wildman–Crippen LogP) is 18.3. The SMILES string of the molecule is C=Cc1ccccc1-c1cc(CC)ccc1C.CC.CC.Cc1ccc(-c2ccc3c(c2)C(C)(C)c2cc(C)c4ccccc4c2-3)cc1C.Cc1cccc2c3ccccc3n(C)c12. The lowest BCUT2D eigenvalue weighted by atomic mass is 9.80. The quantitative estimate of drug-likeness (QED) is 0.166. The number of aryl methyl sites for hydroxylation is 7. The highest BCUT2D eigenvalue weighted by Gasteiger charge is 2.37. The van der Waals surface area contributed by atoms with Crippen molar-refractivity contribution in [3.63, 3.8) is 0 Å². The number of fused-ring (bicyclic) bond motifs is 8. The Morgan fingerprint density at radius 3 is 1.80 bits per heavy atom. The van der Waals surface area contributed by atoms with Crippen LogP contribution in [0.2, 0.25) is 0 Å². The van der Waals surface area contributed by atoms with Crippen molar-refractivity contribution in [1.82, 2.24) is 4.57 Å². The number of aromatic nitrogens is 1. The molecular weight excluding hydrogens is 771 g/mol. The molecular formula is C63H69N. The first-order valence-corrected chi connectivity index (χ1v) is 23.4. The van der Waals surface area contributed by atoms with Crippen LogP contribution in [0, 0.1) is 34.6 Å². The number of hydrogen-bond acceptors (Lipinski definition) is 0. The Morgan fingerprint density at radius 1 is 0.484 bits per heavy atom. The van der Waals surface area contributed by atoms with E-state index >= 15 is 0 Å². The molecule has 9 aromatic rings. The molecule has 0 atom stereocenters. The second kappa shape index (κ2) is 20.4. The highest BCUT2D eigenvalue weighted by Crippen LogP contribution is 2.52. The highest BCUT2D eigenvalue weighted by molar-refractivity contribution is 6.09. The van der Waals surface area contributed by atoms with Crippen LogP contribution in [-0.4, -0.2) is 4.57 Å². The third-order valence-electron chi connectivity index (χ3n) is 13.0. The third kappa shape index (κ3) is 9.00. The van der Waals surface area contributed by atoms with E-state index in [2.05, 4.69) is 225 Å². The normalized spacial score (nSPS) is 11.8. The Bertz CT molecular complexity index is 3080. The molecule has 0 N–H and O–H groups in total. The number of nitrogens with zero attached hydrogens (tertiary/aromatic N) is 1. The minimum atomic E-state index is 0.00914. The van der Waals surface area contributed by atoms with E-state index in [4.69, 9.17) is 0 Å². The molecule has 0 aliphatic heterocycles. The fourth-order valence-corrected chi connectivity index (χ4v) is 9.40. The van der Waals surface area contributed by atoms with Gasteiger partial charge < -0.3 is 4.57 Å². The highest BCUT2D eigenvalue weighted by atomic mass is 14.9. The summed E-state index contributed by atoms with van der Waals surface area (Å²) >= 11 is 0. The van der Waals surface area contributed by atoms with Gasteiger partial charge in [0.2, 0.25) is 0 Å². The minimum Gasteiger partial charge on any atom is -0.343 e. The fourth-order valence-electron chi connectivity index (χ4n) is 9.40. The summed E-state index contributed by atoms with van der Waals surface area (Å²) < 4.78 is 2.28. The Kier molecular flexibility index (Phi) is 15.0. The molecule has 8 aromatic carbocycles. The van der Waals surface area contributed by atoms with Gasteiger partial charge in [0, 0.05) is 28.8 Å². The van der Waals surface area contributed by atoms with Crippen molar-refractivity contribution in [3.05, 3.63) is 208 Å². The van der Waals surface area contributed by atoms with Gasteiger partial charge in [0.25, 0.3) is 0 Å². The van der Waals surface area contributed by atoms with Gasteiger partial charge in [0.1, 0.15) is 0 Å². The molecule has 0 saturated heterocycles. The Balaban J connectivity index is 0.000000163. The fraction of sp³-hybridized carbons (Fsp3) is 0.238. The second-order valence-corrected chi connectivity index (χ2v) is 17.2. The summed E-state index contributed by atoms with van der Waals surface area (Å²) in [5.74, 6) is 0. The van der Waals surface area contributed by atoms with Crippen LogP contribution in [0.5, 0.6) is 0 Å². The van der Waals surface area contributed by atoms with Gasteiger partial charge >= 0.3 is 0 Å². The number of benzene rings is 8. The van der Waals surface area contributed by atoms with Crippen LogP contribution in [0.1, 0.15) is 98.5 Å². The molecule has 326 valence electrons. The molecule has 0 spiro atoms. The molecule has 0 unspecified atom stereocenters. The van der Waals surface area contributed by atoms with Crippen LogP contribution in [0.3, 0.4) is 0 Å². The molecule has 10 rings (SSSR count). The van der Waals surface area contributed by atoms with Crippen molar-refractivity contribution in [2.24, 2.45) is 7.05 Å². The summed E-state index contributed by atoms with van der Waals surface area (Å²) in [6.07, 6.45) is 3.00. The average Bonchev–Trinajstić information content (AvgIpc) is 3.75. The van der Waals surface area contributed by atoms with E-state index in [0.717, 1.165) is 6.42 Å². The van der Waals surface area contributed by atoms with E-state index in [0.29, 0.717) is 0 Å². The van der Waals surface area contributed by atoms with E-state index in [1.807, 2.05) is 33.8 Å². The van der Waals surface area contributed by atoms with Gasteiger partial charge in [-0.25, -0.2) is 0 Å². The van der Waals surface area contributed by atoms with Crippen molar-refractivity contribution in [3.8, 4) is 33.4 Å². The van der Waals surface area contributed by atoms with Crippen molar-refractivity contribution >= 4 is 38.7 Å². The molecule has 1 aliphatic carbocycles. The lowest BCUT2D eigenvalue weighted by Gasteiger charge is -2.23. The van der Waals surface area contributed by atoms with Crippen molar-refractivity contribution in [1.29, 1.82) is 0 Å². The maximum Gasteiger partial charge on any atom is 0.0518 e. The lowest BCUT2D eigenvalue weighted by Crippen LogP contribution is -2.15. The first-order valence-electron chi connectivity index (χ1n) is 23.4. The molecule has 0 saturated carbocycles. The van der Waals surface area contributed by atoms with E-state index in [-0.39, 0.29) is 5.41 Å². The monoisotopic (exact) mass is 840 g/mol. The molecule has 64 heavy (non-hydrogen) atoms. The topological polar surface area (TPSA) is 4.93 Å². The van der Waals surface area contributed by atoms with Gasteiger partial charge in [-0.15, -0.1) is 0 Å². The molecule has 1 nitrogen and oxygen atoms in total. The Morgan fingerprint density at radius 2 is 1.09 bits per heavy atom. The molecule has 1 heteroatoms. The predicted molar refractivity (Wildman–Crippen MR) is 285 cm³/mol. The molecule has 0 fully saturated rings. The molecule has 0 bridgehead atoms. The lowest BCUT2D eigenvalue weighted by molar-refractivity contribution is 0.660. The summed E-state index contributed by atoms with van der Waals surface area (Å²) in [6.45, 7) is 29.8. The first kappa shape index (κ1) is 47.0. The summed E-state index contributed by atoms with van der Waals surface area (Å²) in [5.41, 5.74) is 22.9. The second-order valence-electron chi connectivity index (χ2n) is 17.2. The first-order chi connectivity index (χ1) is 30.9. The summed E-state index contributed by atoms with van der Waals surface area (Å²) in [4.78, 5) is 0. The summed E-state index contributed by atoms with van der Waals surface area (Å²) in [5, 5.41) is 5.44. The van der Waals surface area contributed by atoms with Gasteiger partial charge in [0.05, 0.1) is 5.52 Å². The minimum absolute atomic E-state index is 0.00914. The molecule has 0 radical (unpaired) electrons. The molecule has 0 amide bonds. The van der Waals surface area contributed by atoms with Crippen molar-refractivity contribution < 1.29 is 0 Å². The van der Waals surface area contributed by atoms with E-state index in [1.165, 1.54) is 116 Å². The van der Waals surface area contributed by atoms with Crippen LogP contribution in [0.25, 0.3) is 72.0 Å². The Hall–Kier alpha value is -6.44. The van der Waals surface area contributed by atoms with E-state index in [9.17, 15) is 0 Å². The molecule has 1 heterocycles. The number of rotatable bonds is 4. The molecule has 1 aliphatic rings. The van der Waals surface area contributed by atoms with Gasteiger partial charge in [-0.2, -0.15) is 0 Å². The van der Waals surface area contributed by atoms with Crippen LogP contribution >= 0.6 is 0 Å². The van der Waals surface area contributed by atoms with Gasteiger partial charge in [0.15, 0.2) is 0 Å².